The molecule has 6 heteroatoms. The molecule has 0 radical (unpaired) electrons. The van der Waals surface area contributed by atoms with Crippen LogP contribution in [0.1, 0.15) is 21.7 Å². The first-order valence-electron chi connectivity index (χ1n) is 9.02. The summed E-state index contributed by atoms with van der Waals surface area (Å²) in [6, 6.07) is 15.4. The van der Waals surface area contributed by atoms with E-state index in [0.717, 1.165) is 22.2 Å². The third-order valence-corrected chi connectivity index (χ3v) is 4.32. The number of aromatic nitrogens is 2. The monoisotopic (exact) mass is 364 g/mol. The van der Waals surface area contributed by atoms with Gasteiger partial charge in [0.2, 0.25) is 5.95 Å². The number of carbonyl (C=O) groups is 1. The third-order valence-electron chi connectivity index (χ3n) is 4.32. The van der Waals surface area contributed by atoms with Crippen molar-refractivity contribution in [2.45, 2.75) is 13.8 Å². The Hall–Kier alpha value is -2.99. The Kier molecular flexibility index (Phi) is 5.98. The molecule has 6 nitrogen and oxygen atoms in total. The van der Waals surface area contributed by atoms with Gasteiger partial charge in [-0.3, -0.25) is 4.79 Å². The molecule has 3 aromatic rings. The van der Waals surface area contributed by atoms with Gasteiger partial charge in [-0.15, -0.1) is 0 Å². The number of nitrogens with zero attached hydrogens (tertiary/aromatic N) is 3. The Morgan fingerprint density at radius 3 is 2.48 bits per heavy atom. The topological polar surface area (TPSA) is 78.4 Å². The third kappa shape index (κ3) is 4.60. The van der Waals surface area contributed by atoms with Crippen LogP contribution in [0.2, 0.25) is 0 Å². The molecule has 27 heavy (non-hydrogen) atoms. The lowest BCUT2D eigenvalue weighted by Crippen LogP contribution is -2.37. The summed E-state index contributed by atoms with van der Waals surface area (Å²) in [6.45, 7) is 4.97. The van der Waals surface area contributed by atoms with E-state index in [1.54, 1.807) is 4.90 Å². The average molecular weight is 364 g/mol. The highest BCUT2D eigenvalue weighted by Crippen LogP contribution is 2.20. The molecule has 0 aliphatic carbocycles. The van der Waals surface area contributed by atoms with Gasteiger partial charge >= 0.3 is 0 Å². The number of nitrogens with one attached hydrogen (secondary N) is 1. The zero-order chi connectivity index (χ0) is 19.2. The molecule has 1 amide bonds. The van der Waals surface area contributed by atoms with Gasteiger partial charge in [-0.05, 0) is 36.8 Å². The van der Waals surface area contributed by atoms with Crippen molar-refractivity contribution in [1.29, 1.82) is 0 Å². The van der Waals surface area contributed by atoms with Crippen LogP contribution in [0.15, 0.2) is 48.5 Å². The molecule has 1 aromatic heterocycles. The molecule has 3 rings (SSSR count). The van der Waals surface area contributed by atoms with Crippen LogP contribution in [0, 0.1) is 13.8 Å². The Bertz CT molecular complexity index is 917. The standard InChI is InChI=1S/C21H24N4O2/c1-15-14-16(2)24-21(23-15)22-10-11-25(12-13-26)20(27)19-9-5-7-17-6-3-4-8-18(17)19/h3-9,14,26H,10-13H2,1-2H3,(H,22,23,24). The number of aryl methyl sites for hydroxylation is 2. The van der Waals surface area contributed by atoms with Gasteiger partial charge in [-0.25, -0.2) is 9.97 Å². The van der Waals surface area contributed by atoms with E-state index in [0.29, 0.717) is 24.6 Å². The number of fused-ring (bicyclic) bond motifs is 1. The zero-order valence-corrected chi connectivity index (χ0v) is 15.6. The summed E-state index contributed by atoms with van der Waals surface area (Å²) < 4.78 is 0. The molecule has 1 heterocycles. The van der Waals surface area contributed by atoms with Crippen molar-refractivity contribution in [2.75, 3.05) is 31.6 Å². The van der Waals surface area contributed by atoms with Gasteiger partial charge in [0.1, 0.15) is 0 Å². The fraction of sp³-hybridized carbons (Fsp3) is 0.286. The normalized spacial score (nSPS) is 10.8. The Labute approximate surface area is 158 Å². The number of rotatable bonds is 7. The van der Waals surface area contributed by atoms with E-state index in [9.17, 15) is 9.90 Å². The molecular weight excluding hydrogens is 340 g/mol. The second-order valence-electron chi connectivity index (χ2n) is 6.44. The van der Waals surface area contributed by atoms with Gasteiger partial charge in [0.15, 0.2) is 0 Å². The van der Waals surface area contributed by atoms with E-state index in [1.165, 1.54) is 0 Å². The molecule has 0 unspecified atom stereocenters. The smallest absolute Gasteiger partial charge is 0.254 e. The SMILES string of the molecule is Cc1cc(C)nc(NCCN(CCO)C(=O)c2cccc3ccccc23)n1. The first kappa shape index (κ1) is 18.8. The van der Waals surface area contributed by atoms with Gasteiger partial charge in [0.25, 0.3) is 5.91 Å². The van der Waals surface area contributed by atoms with Gasteiger partial charge in [0, 0.05) is 36.6 Å². The largest absolute Gasteiger partial charge is 0.395 e. The number of aliphatic hydroxyl groups is 1. The summed E-state index contributed by atoms with van der Waals surface area (Å²) in [6.07, 6.45) is 0. The van der Waals surface area contributed by atoms with Crippen LogP contribution >= 0.6 is 0 Å². The van der Waals surface area contributed by atoms with E-state index in [1.807, 2.05) is 62.4 Å². The van der Waals surface area contributed by atoms with Crippen LogP contribution in [0.5, 0.6) is 0 Å². The summed E-state index contributed by atoms with van der Waals surface area (Å²) in [7, 11) is 0. The molecule has 0 atom stereocenters. The molecule has 140 valence electrons. The molecule has 0 aliphatic rings. The number of hydrogen-bond donors (Lipinski definition) is 2. The molecule has 0 fully saturated rings. The summed E-state index contributed by atoms with van der Waals surface area (Å²) in [5.41, 5.74) is 2.43. The molecule has 0 saturated carbocycles. The number of hydrogen-bond acceptors (Lipinski definition) is 5. The lowest BCUT2D eigenvalue weighted by Gasteiger charge is -2.23. The first-order valence-corrected chi connectivity index (χ1v) is 9.02. The van der Waals surface area contributed by atoms with Crippen molar-refractivity contribution in [3.63, 3.8) is 0 Å². The molecule has 2 aromatic carbocycles. The fourth-order valence-corrected chi connectivity index (χ4v) is 3.13. The first-order chi connectivity index (χ1) is 13.1. The van der Waals surface area contributed by atoms with E-state index in [4.69, 9.17) is 0 Å². The van der Waals surface area contributed by atoms with Gasteiger partial charge in [0.05, 0.1) is 6.61 Å². The van der Waals surface area contributed by atoms with Crippen molar-refractivity contribution in [3.8, 4) is 0 Å². The summed E-state index contributed by atoms with van der Waals surface area (Å²) >= 11 is 0. The predicted molar refractivity (Wildman–Crippen MR) is 107 cm³/mol. The summed E-state index contributed by atoms with van der Waals surface area (Å²) in [5.74, 6) is 0.457. The van der Waals surface area contributed by atoms with Gasteiger partial charge in [-0.2, -0.15) is 0 Å². The molecular formula is C21H24N4O2. The number of anilines is 1. The Morgan fingerprint density at radius 2 is 1.74 bits per heavy atom. The van der Waals surface area contributed by atoms with Crippen LogP contribution in [-0.2, 0) is 0 Å². The van der Waals surface area contributed by atoms with E-state index < -0.39 is 0 Å². The molecule has 0 saturated heterocycles. The highest BCUT2D eigenvalue weighted by Gasteiger charge is 2.17. The predicted octanol–water partition coefficient (Wildman–Crippen LogP) is 2.79. The number of amides is 1. The van der Waals surface area contributed by atoms with Crippen molar-refractivity contribution in [3.05, 3.63) is 65.5 Å². The maximum absolute atomic E-state index is 13.1. The number of benzene rings is 2. The zero-order valence-electron chi connectivity index (χ0n) is 15.6. The van der Waals surface area contributed by atoms with E-state index >= 15 is 0 Å². The lowest BCUT2D eigenvalue weighted by molar-refractivity contribution is 0.0731. The van der Waals surface area contributed by atoms with Gasteiger partial charge < -0.3 is 15.3 Å². The quantitative estimate of drug-likeness (QED) is 0.674. The average Bonchev–Trinajstić information content (AvgIpc) is 2.65. The maximum atomic E-state index is 13.1. The highest BCUT2D eigenvalue weighted by atomic mass is 16.3. The lowest BCUT2D eigenvalue weighted by atomic mass is 10.0. The Morgan fingerprint density at radius 1 is 1.04 bits per heavy atom. The fourth-order valence-electron chi connectivity index (χ4n) is 3.13. The van der Waals surface area contributed by atoms with Crippen molar-refractivity contribution in [2.24, 2.45) is 0 Å². The molecule has 0 bridgehead atoms. The highest BCUT2D eigenvalue weighted by molar-refractivity contribution is 6.07. The number of aliphatic hydroxyl groups excluding tert-OH is 1. The maximum Gasteiger partial charge on any atom is 0.254 e. The van der Waals surface area contributed by atoms with Crippen LogP contribution < -0.4 is 5.32 Å². The second-order valence-corrected chi connectivity index (χ2v) is 6.44. The van der Waals surface area contributed by atoms with E-state index in [2.05, 4.69) is 15.3 Å². The van der Waals surface area contributed by atoms with Crippen molar-refractivity contribution in [1.82, 2.24) is 14.9 Å². The molecule has 0 spiro atoms. The van der Waals surface area contributed by atoms with Crippen LogP contribution in [0.25, 0.3) is 10.8 Å². The summed E-state index contributed by atoms with van der Waals surface area (Å²) in [5, 5.41) is 14.5. The van der Waals surface area contributed by atoms with Crippen LogP contribution in [-0.4, -0.2) is 52.1 Å². The second kappa shape index (κ2) is 8.60. The number of carbonyl (C=O) groups excluding carboxylic acids is 1. The Balaban J connectivity index is 1.73. The van der Waals surface area contributed by atoms with Crippen LogP contribution in [0.4, 0.5) is 5.95 Å². The van der Waals surface area contributed by atoms with Crippen molar-refractivity contribution >= 4 is 22.6 Å². The minimum absolute atomic E-state index is 0.0867. The summed E-state index contributed by atoms with van der Waals surface area (Å²) in [4.78, 5) is 23.4. The van der Waals surface area contributed by atoms with E-state index in [-0.39, 0.29) is 19.1 Å². The van der Waals surface area contributed by atoms with Gasteiger partial charge in [-0.1, -0.05) is 36.4 Å². The minimum atomic E-state index is -0.0935. The van der Waals surface area contributed by atoms with Crippen LogP contribution in [0.3, 0.4) is 0 Å². The minimum Gasteiger partial charge on any atom is -0.395 e. The van der Waals surface area contributed by atoms with Crippen molar-refractivity contribution < 1.29 is 9.90 Å². The molecule has 2 N–H and O–H groups in total. The molecule has 0 aliphatic heterocycles.